The van der Waals surface area contributed by atoms with Gasteiger partial charge in [0.05, 0.1) is 5.71 Å². The summed E-state index contributed by atoms with van der Waals surface area (Å²) in [5, 5.41) is 16.5. The lowest BCUT2D eigenvalue weighted by Crippen LogP contribution is -2.34. The zero-order valence-electron chi connectivity index (χ0n) is 14.9. The van der Waals surface area contributed by atoms with Crippen molar-refractivity contribution in [2.24, 2.45) is 5.10 Å². The van der Waals surface area contributed by atoms with Gasteiger partial charge in [0, 0.05) is 11.1 Å². The van der Waals surface area contributed by atoms with E-state index in [4.69, 9.17) is 0 Å². The minimum absolute atomic E-state index is 0.0721. The average Bonchev–Trinajstić information content (AvgIpc) is 2.64. The van der Waals surface area contributed by atoms with E-state index in [0.717, 1.165) is 0 Å². The summed E-state index contributed by atoms with van der Waals surface area (Å²) in [5.74, 6) is -0.842. The number of amides is 2. The van der Waals surface area contributed by atoms with E-state index in [2.05, 4.69) is 15.8 Å². The van der Waals surface area contributed by atoms with Gasteiger partial charge < -0.3 is 10.4 Å². The van der Waals surface area contributed by atoms with Crippen molar-refractivity contribution < 1.29 is 14.7 Å². The standard InChI is InChI=1S/C20H21N3O3/c1-13(2)18(21-19(25)15-9-5-4-6-10-15)20(26)23-22-14(3)16-11-7-8-12-17(16)24/h4-12,24H,1-3H3,(H,21,25)(H,23,26)/b22-14-. The Hall–Kier alpha value is -3.41. The van der Waals surface area contributed by atoms with Crippen LogP contribution < -0.4 is 10.7 Å². The van der Waals surface area contributed by atoms with Crippen molar-refractivity contribution in [2.45, 2.75) is 20.8 Å². The first-order valence-electron chi connectivity index (χ1n) is 8.07. The molecular weight excluding hydrogens is 330 g/mol. The molecule has 3 N–H and O–H groups in total. The van der Waals surface area contributed by atoms with Crippen LogP contribution in [0.4, 0.5) is 0 Å². The number of benzene rings is 2. The Morgan fingerprint density at radius 1 is 0.923 bits per heavy atom. The van der Waals surface area contributed by atoms with Crippen LogP contribution in [0.5, 0.6) is 5.75 Å². The van der Waals surface area contributed by atoms with Gasteiger partial charge in [-0.15, -0.1) is 0 Å². The first kappa shape index (κ1) is 18.9. The summed E-state index contributed by atoms with van der Waals surface area (Å²) in [6, 6.07) is 15.3. The number of para-hydroxylation sites is 1. The quantitative estimate of drug-likeness (QED) is 0.439. The van der Waals surface area contributed by atoms with Crippen molar-refractivity contribution in [3.05, 3.63) is 77.0 Å². The molecule has 0 heterocycles. The SMILES string of the molecule is CC(C)=C(NC(=O)c1ccccc1)C(=O)N/N=C(/C)c1ccccc1O. The van der Waals surface area contributed by atoms with Crippen molar-refractivity contribution in [3.63, 3.8) is 0 Å². The largest absolute Gasteiger partial charge is 0.507 e. The molecule has 134 valence electrons. The number of rotatable bonds is 5. The molecule has 0 atom stereocenters. The highest BCUT2D eigenvalue weighted by Gasteiger charge is 2.15. The summed E-state index contributed by atoms with van der Waals surface area (Å²) in [6.45, 7) is 5.11. The Labute approximate surface area is 152 Å². The van der Waals surface area contributed by atoms with Gasteiger partial charge in [-0.05, 0) is 50.6 Å². The number of hydrogen-bond acceptors (Lipinski definition) is 4. The van der Waals surface area contributed by atoms with E-state index >= 15 is 0 Å². The van der Waals surface area contributed by atoms with Crippen LogP contribution in [-0.2, 0) is 4.79 Å². The summed E-state index contributed by atoms with van der Waals surface area (Å²) in [5.41, 5.74) is 4.59. The lowest BCUT2D eigenvalue weighted by atomic mass is 10.1. The topological polar surface area (TPSA) is 90.8 Å². The zero-order valence-corrected chi connectivity index (χ0v) is 14.9. The van der Waals surface area contributed by atoms with Gasteiger partial charge >= 0.3 is 0 Å². The number of phenolic OH excluding ortho intramolecular Hbond substituents is 1. The monoisotopic (exact) mass is 351 g/mol. The Morgan fingerprint density at radius 3 is 2.15 bits per heavy atom. The van der Waals surface area contributed by atoms with Crippen LogP contribution in [0, 0.1) is 0 Å². The molecule has 0 bridgehead atoms. The van der Waals surface area contributed by atoms with Gasteiger partial charge in [-0.1, -0.05) is 30.3 Å². The fourth-order valence-corrected chi connectivity index (χ4v) is 2.21. The van der Waals surface area contributed by atoms with Gasteiger partial charge in [0.25, 0.3) is 11.8 Å². The molecule has 0 saturated carbocycles. The number of nitrogens with one attached hydrogen (secondary N) is 2. The molecule has 2 aromatic rings. The number of hydrogen-bond donors (Lipinski definition) is 3. The third-order valence-corrected chi connectivity index (χ3v) is 3.62. The molecule has 0 fully saturated rings. The second-order valence-corrected chi connectivity index (χ2v) is 5.85. The summed E-state index contributed by atoms with van der Waals surface area (Å²) in [7, 11) is 0. The number of allylic oxidation sites excluding steroid dienone is 1. The van der Waals surface area contributed by atoms with E-state index in [1.807, 2.05) is 6.07 Å². The van der Waals surface area contributed by atoms with Crippen LogP contribution in [0.3, 0.4) is 0 Å². The summed E-state index contributed by atoms with van der Waals surface area (Å²) in [6.07, 6.45) is 0. The Balaban J connectivity index is 2.12. The second-order valence-electron chi connectivity index (χ2n) is 5.85. The van der Waals surface area contributed by atoms with Gasteiger partial charge in [-0.25, -0.2) is 5.43 Å². The van der Waals surface area contributed by atoms with Gasteiger partial charge in [-0.2, -0.15) is 5.10 Å². The number of carbonyl (C=O) groups excluding carboxylic acids is 2. The van der Waals surface area contributed by atoms with Crippen LogP contribution >= 0.6 is 0 Å². The van der Waals surface area contributed by atoms with E-state index < -0.39 is 5.91 Å². The highest BCUT2D eigenvalue weighted by atomic mass is 16.3. The Morgan fingerprint density at radius 2 is 1.54 bits per heavy atom. The molecule has 0 saturated heterocycles. The fraction of sp³-hybridized carbons (Fsp3) is 0.150. The van der Waals surface area contributed by atoms with E-state index in [9.17, 15) is 14.7 Å². The molecular formula is C20H21N3O3. The molecule has 0 aromatic heterocycles. The summed E-state index contributed by atoms with van der Waals surface area (Å²) in [4.78, 5) is 24.7. The Bertz CT molecular complexity index is 867. The smallest absolute Gasteiger partial charge is 0.287 e. The maximum absolute atomic E-state index is 12.4. The highest BCUT2D eigenvalue weighted by Crippen LogP contribution is 2.16. The van der Waals surface area contributed by atoms with E-state index in [-0.39, 0.29) is 17.4 Å². The molecule has 26 heavy (non-hydrogen) atoms. The van der Waals surface area contributed by atoms with Crippen LogP contribution in [0.1, 0.15) is 36.7 Å². The molecule has 6 heteroatoms. The minimum atomic E-state index is -0.538. The van der Waals surface area contributed by atoms with Gasteiger partial charge in [0.2, 0.25) is 0 Å². The van der Waals surface area contributed by atoms with Crippen molar-refractivity contribution in [3.8, 4) is 5.75 Å². The van der Waals surface area contributed by atoms with Crippen LogP contribution in [0.15, 0.2) is 71.0 Å². The van der Waals surface area contributed by atoms with Crippen molar-refractivity contribution in [1.29, 1.82) is 0 Å². The lowest BCUT2D eigenvalue weighted by Gasteiger charge is -2.11. The van der Waals surface area contributed by atoms with Crippen LogP contribution in [0.2, 0.25) is 0 Å². The second kappa shape index (κ2) is 8.62. The molecule has 2 aromatic carbocycles. The number of carbonyl (C=O) groups is 2. The van der Waals surface area contributed by atoms with Crippen LogP contribution in [0.25, 0.3) is 0 Å². The highest BCUT2D eigenvalue weighted by molar-refractivity contribution is 6.05. The molecule has 0 radical (unpaired) electrons. The third kappa shape index (κ3) is 4.80. The fourth-order valence-electron chi connectivity index (χ4n) is 2.21. The molecule has 6 nitrogen and oxygen atoms in total. The summed E-state index contributed by atoms with van der Waals surface area (Å²) < 4.78 is 0. The number of aromatic hydroxyl groups is 1. The van der Waals surface area contributed by atoms with Crippen molar-refractivity contribution >= 4 is 17.5 Å². The van der Waals surface area contributed by atoms with Crippen molar-refractivity contribution in [1.82, 2.24) is 10.7 Å². The van der Waals surface area contributed by atoms with Crippen LogP contribution in [-0.4, -0.2) is 22.6 Å². The molecule has 0 unspecified atom stereocenters. The molecule has 0 aliphatic heterocycles. The van der Waals surface area contributed by atoms with Crippen molar-refractivity contribution in [2.75, 3.05) is 0 Å². The van der Waals surface area contributed by atoms with Gasteiger partial charge in [0.15, 0.2) is 0 Å². The summed E-state index contributed by atoms with van der Waals surface area (Å²) >= 11 is 0. The lowest BCUT2D eigenvalue weighted by molar-refractivity contribution is -0.117. The minimum Gasteiger partial charge on any atom is -0.507 e. The van der Waals surface area contributed by atoms with E-state index in [1.54, 1.807) is 63.2 Å². The number of hydrazone groups is 1. The molecule has 0 aliphatic carbocycles. The molecule has 2 rings (SSSR count). The number of phenols is 1. The third-order valence-electron chi connectivity index (χ3n) is 3.62. The van der Waals surface area contributed by atoms with Gasteiger partial charge in [0.1, 0.15) is 11.4 Å². The maximum Gasteiger partial charge on any atom is 0.287 e. The predicted octanol–water partition coefficient (Wildman–Crippen LogP) is 2.96. The van der Waals surface area contributed by atoms with Gasteiger partial charge in [-0.3, -0.25) is 9.59 Å². The Kier molecular flexibility index (Phi) is 6.27. The normalized spacial score (nSPS) is 10.8. The zero-order chi connectivity index (χ0) is 19.1. The molecule has 2 amide bonds. The number of nitrogens with zero attached hydrogens (tertiary/aromatic N) is 1. The van der Waals surface area contributed by atoms with E-state index in [1.165, 1.54) is 6.07 Å². The average molecular weight is 351 g/mol. The molecule has 0 spiro atoms. The molecule has 0 aliphatic rings. The first-order chi connectivity index (χ1) is 12.4. The predicted molar refractivity (Wildman–Crippen MR) is 101 cm³/mol. The van der Waals surface area contributed by atoms with E-state index in [0.29, 0.717) is 22.4 Å². The first-order valence-corrected chi connectivity index (χ1v) is 8.07. The maximum atomic E-state index is 12.4.